The first-order valence-electron chi connectivity index (χ1n) is 3.22. The summed E-state index contributed by atoms with van der Waals surface area (Å²) in [4.78, 5) is -0.0653. The number of aromatic hydroxyl groups is 2. The first-order valence-corrected chi connectivity index (χ1v) is 5.30. The molecule has 1 rings (SSSR count). The number of phenolic OH excluding ortho intramolecular Hbond substituents is 2. The van der Waals surface area contributed by atoms with Gasteiger partial charge in [-0.1, -0.05) is 0 Å². The van der Waals surface area contributed by atoms with Crippen LogP contribution in [-0.2, 0) is 14.0 Å². The largest absolute Gasteiger partial charge is 0.725 e. The van der Waals surface area contributed by atoms with E-state index < -0.39 is 10.4 Å². The Bertz CT molecular complexity index is 426. The minimum Gasteiger partial charge on any atom is -0.725 e. The molecule has 0 aliphatic heterocycles. The lowest BCUT2D eigenvalue weighted by Crippen LogP contribution is -1.96. The summed E-state index contributed by atoms with van der Waals surface area (Å²) in [7, 11) is -4.83. The fraction of sp³-hybridized carbons (Fsp3) is 0. The Morgan fingerprint density at radius 1 is 1.36 bits per heavy atom. The molecule has 1 aromatic rings. The summed E-state index contributed by atoms with van der Waals surface area (Å²) in [5.41, 5.74) is 0. The Labute approximate surface area is 84.3 Å². The van der Waals surface area contributed by atoms with Crippen LogP contribution in [0.4, 0.5) is 0 Å². The number of phenols is 2. The maximum atomic E-state index is 10.1. The van der Waals surface area contributed by atoms with Crippen LogP contribution in [0.25, 0.3) is 0 Å². The Kier molecular flexibility index (Phi) is 3.21. The molecule has 0 heterocycles. The van der Waals surface area contributed by atoms with Gasteiger partial charge < -0.3 is 14.8 Å². The highest BCUT2D eigenvalue weighted by Gasteiger charge is 2.06. The molecule has 8 heteroatoms. The Hall–Kier alpha value is -0.960. The van der Waals surface area contributed by atoms with Gasteiger partial charge in [-0.25, -0.2) is 12.0 Å². The fourth-order valence-corrected chi connectivity index (χ4v) is 1.60. The summed E-state index contributed by atoms with van der Waals surface area (Å²) in [5, 5.41) is 18.1. The van der Waals surface area contributed by atoms with E-state index in [9.17, 15) is 13.0 Å². The predicted octanol–water partition coefficient (Wildman–Crippen LogP) is 0.582. The van der Waals surface area contributed by atoms with Gasteiger partial charge in [-0.15, -0.1) is 0 Å². The van der Waals surface area contributed by atoms with Crippen LogP contribution in [-0.4, -0.2) is 23.2 Å². The first kappa shape index (κ1) is 11.1. The number of hydrogen-bond donors (Lipinski definition) is 2. The molecule has 0 unspecified atom stereocenters. The zero-order valence-corrected chi connectivity index (χ0v) is 8.21. The topological polar surface area (TPSA) is 107 Å². The highest BCUT2D eigenvalue weighted by atomic mass is 32.3. The molecule has 0 aliphatic rings. The van der Waals surface area contributed by atoms with Gasteiger partial charge in [-0.05, 0) is 18.2 Å². The van der Waals surface area contributed by atoms with Crippen molar-refractivity contribution >= 4 is 22.4 Å². The Balaban J connectivity index is 2.81. The molecule has 0 saturated heterocycles. The fourth-order valence-electron chi connectivity index (χ4n) is 0.648. The van der Waals surface area contributed by atoms with E-state index in [0.717, 1.165) is 12.1 Å². The smallest absolute Gasteiger partial charge is 0.229 e. The van der Waals surface area contributed by atoms with Crippen LogP contribution in [0.5, 0.6) is 11.5 Å². The SMILES string of the molecule is O=S(=O)([O-])OSc1cc(O)ccc1O. The average molecular weight is 237 g/mol. The third-order valence-electron chi connectivity index (χ3n) is 1.15. The van der Waals surface area contributed by atoms with Gasteiger partial charge in [0.1, 0.15) is 11.5 Å². The van der Waals surface area contributed by atoms with Gasteiger partial charge in [-0.3, -0.25) is 0 Å². The second kappa shape index (κ2) is 4.05. The highest BCUT2D eigenvalue weighted by molar-refractivity contribution is 8.02. The molecule has 0 aliphatic carbocycles. The van der Waals surface area contributed by atoms with E-state index in [1.807, 2.05) is 0 Å². The minimum atomic E-state index is -4.83. The highest BCUT2D eigenvalue weighted by Crippen LogP contribution is 2.32. The summed E-state index contributed by atoms with van der Waals surface area (Å²) in [6, 6.07) is 3.40. The summed E-state index contributed by atoms with van der Waals surface area (Å²) >= 11 is 0.158. The molecule has 14 heavy (non-hydrogen) atoms. The van der Waals surface area contributed by atoms with E-state index in [1.54, 1.807) is 0 Å². The van der Waals surface area contributed by atoms with E-state index in [4.69, 9.17) is 10.2 Å². The van der Waals surface area contributed by atoms with Crippen LogP contribution in [0.15, 0.2) is 23.1 Å². The average Bonchev–Trinajstić information content (AvgIpc) is 2.05. The van der Waals surface area contributed by atoms with Crippen LogP contribution in [0, 0.1) is 0 Å². The predicted molar refractivity (Wildman–Crippen MR) is 46.4 cm³/mol. The third kappa shape index (κ3) is 3.42. The van der Waals surface area contributed by atoms with Crippen LogP contribution in [0.1, 0.15) is 0 Å². The lowest BCUT2D eigenvalue weighted by Gasteiger charge is -2.06. The molecule has 0 aromatic heterocycles. The first-order chi connectivity index (χ1) is 6.38. The van der Waals surface area contributed by atoms with Gasteiger partial charge in [0.15, 0.2) is 0 Å². The van der Waals surface area contributed by atoms with Gasteiger partial charge in [0.25, 0.3) is 0 Å². The molecule has 2 N–H and O–H groups in total. The van der Waals surface area contributed by atoms with E-state index in [0.29, 0.717) is 0 Å². The second-order valence-electron chi connectivity index (χ2n) is 2.21. The molecular weight excluding hydrogens is 232 g/mol. The van der Waals surface area contributed by atoms with E-state index >= 15 is 0 Å². The summed E-state index contributed by atoms with van der Waals surface area (Å²) < 4.78 is 34.0. The Morgan fingerprint density at radius 3 is 2.57 bits per heavy atom. The van der Waals surface area contributed by atoms with Gasteiger partial charge >= 0.3 is 0 Å². The van der Waals surface area contributed by atoms with E-state index in [2.05, 4.69) is 3.63 Å². The molecule has 0 bridgehead atoms. The normalized spacial score (nSPS) is 11.5. The van der Waals surface area contributed by atoms with Crippen molar-refractivity contribution < 1.29 is 26.8 Å². The lowest BCUT2D eigenvalue weighted by molar-refractivity contribution is 0.390. The van der Waals surface area contributed by atoms with Crippen molar-refractivity contribution in [2.45, 2.75) is 4.90 Å². The molecule has 0 radical (unpaired) electrons. The summed E-state index contributed by atoms with van der Waals surface area (Å²) in [6.45, 7) is 0. The quantitative estimate of drug-likeness (QED) is 0.342. The molecule has 0 amide bonds. The lowest BCUT2D eigenvalue weighted by atomic mass is 10.3. The van der Waals surface area contributed by atoms with Crippen molar-refractivity contribution in [3.63, 3.8) is 0 Å². The monoisotopic (exact) mass is 237 g/mol. The van der Waals surface area contributed by atoms with Crippen molar-refractivity contribution in [1.82, 2.24) is 0 Å². The molecule has 0 saturated carbocycles. The Morgan fingerprint density at radius 2 is 2.00 bits per heavy atom. The van der Waals surface area contributed by atoms with E-state index in [1.165, 1.54) is 6.07 Å². The van der Waals surface area contributed by atoms with Gasteiger partial charge in [-0.2, -0.15) is 0 Å². The molecule has 6 nitrogen and oxygen atoms in total. The zero-order valence-electron chi connectivity index (χ0n) is 6.58. The minimum absolute atomic E-state index is 0.0653. The van der Waals surface area contributed by atoms with Gasteiger partial charge in [0.05, 0.1) is 16.9 Å². The molecule has 1 aromatic carbocycles. The second-order valence-corrected chi connectivity index (χ2v) is 4.18. The van der Waals surface area contributed by atoms with Crippen molar-refractivity contribution in [1.29, 1.82) is 0 Å². The molecule has 0 spiro atoms. The van der Waals surface area contributed by atoms with Crippen molar-refractivity contribution in [2.75, 3.05) is 0 Å². The van der Waals surface area contributed by atoms with Crippen LogP contribution >= 0.6 is 12.0 Å². The number of hydrogen-bond acceptors (Lipinski definition) is 7. The maximum absolute atomic E-state index is 10.1. The standard InChI is InChI=1S/C6H6O6S2/c7-4-1-2-5(8)6(3-4)13-12-14(9,10)11/h1-3,7-8H,(H,9,10,11)/p-1. The van der Waals surface area contributed by atoms with Gasteiger partial charge in [0, 0.05) is 0 Å². The van der Waals surface area contributed by atoms with Gasteiger partial charge in [0.2, 0.25) is 10.4 Å². The number of rotatable bonds is 3. The van der Waals surface area contributed by atoms with Crippen LogP contribution in [0.3, 0.4) is 0 Å². The molecule has 0 fully saturated rings. The zero-order chi connectivity index (χ0) is 10.8. The van der Waals surface area contributed by atoms with Crippen molar-refractivity contribution in [3.8, 4) is 11.5 Å². The van der Waals surface area contributed by atoms with Crippen LogP contribution < -0.4 is 0 Å². The summed E-state index contributed by atoms with van der Waals surface area (Å²) in [6.07, 6.45) is 0. The maximum Gasteiger partial charge on any atom is 0.229 e. The van der Waals surface area contributed by atoms with Crippen LogP contribution in [0.2, 0.25) is 0 Å². The molecular formula is C6H5O6S2-. The third-order valence-corrected chi connectivity index (χ3v) is 2.60. The summed E-state index contributed by atoms with van der Waals surface area (Å²) in [5.74, 6) is -0.478. The number of benzene rings is 1. The van der Waals surface area contributed by atoms with E-state index in [-0.39, 0.29) is 28.4 Å². The van der Waals surface area contributed by atoms with Crippen molar-refractivity contribution in [2.24, 2.45) is 0 Å². The molecule has 0 atom stereocenters. The molecule has 78 valence electrons. The van der Waals surface area contributed by atoms with Crippen molar-refractivity contribution in [3.05, 3.63) is 18.2 Å².